The second-order valence-electron chi connectivity index (χ2n) is 4.85. The maximum Gasteiger partial charge on any atom is 0.336 e. The molecular weight excluding hydrogens is 334 g/mol. The minimum Gasteiger partial charge on any atom is -0.478 e. The molecule has 5 nitrogen and oxygen atoms in total. The van der Waals surface area contributed by atoms with Crippen LogP contribution in [0.15, 0.2) is 34.9 Å². The number of aryl methyl sites for hydroxylation is 2. The number of nitrogens with zero attached hydrogens (tertiary/aromatic N) is 3. The fraction of sp³-hybridized carbons (Fsp3) is 0.133. The fourth-order valence-corrected chi connectivity index (χ4v) is 2.75. The Morgan fingerprint density at radius 3 is 2.57 bits per heavy atom. The predicted octanol–water partition coefficient (Wildman–Crippen LogP) is 3.47. The molecule has 0 unspecified atom stereocenters. The molecule has 0 fully saturated rings. The van der Waals surface area contributed by atoms with Crippen LogP contribution in [0.5, 0.6) is 0 Å². The number of pyridine rings is 1. The molecule has 0 amide bonds. The Morgan fingerprint density at radius 1 is 1.14 bits per heavy atom. The summed E-state index contributed by atoms with van der Waals surface area (Å²) in [6.45, 7) is 3.66. The molecule has 3 aromatic rings. The van der Waals surface area contributed by atoms with E-state index in [1.165, 1.54) is 0 Å². The van der Waals surface area contributed by atoms with Crippen molar-refractivity contribution in [2.24, 2.45) is 0 Å². The maximum atomic E-state index is 11.6. The van der Waals surface area contributed by atoms with E-state index in [2.05, 4.69) is 26.1 Å². The maximum absolute atomic E-state index is 11.6. The van der Waals surface area contributed by atoms with Gasteiger partial charge in [-0.1, -0.05) is 12.1 Å². The van der Waals surface area contributed by atoms with Crippen LogP contribution in [0.25, 0.3) is 17.0 Å². The molecule has 0 bridgehead atoms. The lowest BCUT2D eigenvalue weighted by molar-refractivity contribution is 0.0697. The highest BCUT2D eigenvalue weighted by molar-refractivity contribution is 9.10. The molecule has 6 heteroatoms. The highest BCUT2D eigenvalue weighted by Crippen LogP contribution is 2.29. The lowest BCUT2D eigenvalue weighted by Gasteiger charge is -2.11. The third-order valence-corrected chi connectivity index (χ3v) is 3.89. The first-order chi connectivity index (χ1) is 9.99. The fourth-order valence-electron chi connectivity index (χ4n) is 2.41. The van der Waals surface area contributed by atoms with Crippen LogP contribution in [0.2, 0.25) is 0 Å². The summed E-state index contributed by atoms with van der Waals surface area (Å²) in [4.78, 5) is 11.6. The molecule has 0 aliphatic heterocycles. The molecular formula is C15H12BrN3O2. The number of benzene rings is 1. The van der Waals surface area contributed by atoms with Gasteiger partial charge in [0.1, 0.15) is 0 Å². The van der Waals surface area contributed by atoms with Crippen LogP contribution in [0.4, 0.5) is 0 Å². The highest BCUT2D eigenvalue weighted by atomic mass is 79.9. The second-order valence-corrected chi connectivity index (χ2v) is 5.77. The average Bonchev–Trinajstić information content (AvgIpc) is 2.83. The van der Waals surface area contributed by atoms with Crippen LogP contribution in [-0.4, -0.2) is 25.7 Å². The molecule has 21 heavy (non-hydrogen) atoms. The van der Waals surface area contributed by atoms with E-state index >= 15 is 0 Å². The summed E-state index contributed by atoms with van der Waals surface area (Å²) < 4.78 is 2.66. The van der Waals surface area contributed by atoms with Gasteiger partial charge in [0.05, 0.1) is 5.56 Å². The first-order valence-corrected chi connectivity index (χ1v) is 7.12. The number of hydrogen-bond acceptors (Lipinski definition) is 3. The minimum atomic E-state index is -0.960. The van der Waals surface area contributed by atoms with Crippen molar-refractivity contribution in [2.45, 2.75) is 13.8 Å². The van der Waals surface area contributed by atoms with Gasteiger partial charge in [-0.3, -0.25) is 4.40 Å². The minimum absolute atomic E-state index is 0.268. The van der Waals surface area contributed by atoms with E-state index in [4.69, 9.17) is 0 Å². The molecule has 1 aromatic carbocycles. The smallest absolute Gasteiger partial charge is 0.336 e. The lowest BCUT2D eigenvalue weighted by Crippen LogP contribution is -2.06. The van der Waals surface area contributed by atoms with Gasteiger partial charge in [0.25, 0.3) is 0 Å². The summed E-state index contributed by atoms with van der Waals surface area (Å²) >= 11 is 3.41. The lowest BCUT2D eigenvalue weighted by atomic mass is 9.96. The molecule has 0 atom stereocenters. The van der Waals surface area contributed by atoms with Crippen molar-refractivity contribution in [1.29, 1.82) is 0 Å². The van der Waals surface area contributed by atoms with Crippen molar-refractivity contribution in [2.75, 3.05) is 0 Å². The standard InChI is InChI=1S/C15H12BrN3O2/c1-8-3-4-9(2)13(15(20)21)12(8)14-18-17-11-6-5-10(16)7-19(11)14/h3-7H,1-2H3,(H,20,21). The van der Waals surface area contributed by atoms with Gasteiger partial charge in [0, 0.05) is 16.2 Å². The van der Waals surface area contributed by atoms with Crippen molar-refractivity contribution in [3.8, 4) is 11.4 Å². The van der Waals surface area contributed by atoms with Gasteiger partial charge in [-0.25, -0.2) is 4.79 Å². The summed E-state index contributed by atoms with van der Waals surface area (Å²) in [5, 5.41) is 17.8. The van der Waals surface area contributed by atoms with Crippen LogP contribution in [-0.2, 0) is 0 Å². The number of carboxylic acid groups (broad SMARTS) is 1. The van der Waals surface area contributed by atoms with Crippen molar-refractivity contribution in [3.63, 3.8) is 0 Å². The Kier molecular flexibility index (Phi) is 3.25. The Balaban J connectivity index is 2.40. The zero-order valence-corrected chi connectivity index (χ0v) is 13.0. The van der Waals surface area contributed by atoms with Crippen molar-refractivity contribution < 1.29 is 9.90 Å². The van der Waals surface area contributed by atoms with Crippen molar-refractivity contribution in [3.05, 3.63) is 51.6 Å². The van der Waals surface area contributed by atoms with E-state index in [9.17, 15) is 9.90 Å². The molecule has 0 aliphatic rings. The normalized spacial score (nSPS) is 11.0. The molecule has 106 valence electrons. The van der Waals surface area contributed by atoms with Gasteiger partial charge in [-0.2, -0.15) is 0 Å². The topological polar surface area (TPSA) is 67.5 Å². The van der Waals surface area contributed by atoms with E-state index in [0.717, 1.165) is 10.0 Å². The van der Waals surface area contributed by atoms with Crippen LogP contribution < -0.4 is 0 Å². The quantitative estimate of drug-likeness (QED) is 0.772. The Hall–Kier alpha value is -2.21. The summed E-state index contributed by atoms with van der Waals surface area (Å²) in [5.41, 5.74) is 3.10. The summed E-state index contributed by atoms with van der Waals surface area (Å²) in [6.07, 6.45) is 1.83. The number of aromatic nitrogens is 3. The Bertz CT molecular complexity index is 871. The molecule has 0 saturated carbocycles. The average molecular weight is 346 g/mol. The zero-order chi connectivity index (χ0) is 15.1. The van der Waals surface area contributed by atoms with Crippen LogP contribution in [0.3, 0.4) is 0 Å². The number of carbonyl (C=O) groups is 1. The second kappa shape index (κ2) is 4.96. The first kappa shape index (κ1) is 13.8. The monoisotopic (exact) mass is 345 g/mol. The number of rotatable bonds is 2. The van der Waals surface area contributed by atoms with E-state index in [-0.39, 0.29) is 5.56 Å². The number of fused-ring (bicyclic) bond motifs is 1. The van der Waals surface area contributed by atoms with E-state index < -0.39 is 5.97 Å². The van der Waals surface area contributed by atoms with E-state index in [0.29, 0.717) is 22.6 Å². The third kappa shape index (κ3) is 2.21. The SMILES string of the molecule is Cc1ccc(C)c(-c2nnc3ccc(Br)cn23)c1C(=O)O. The van der Waals surface area contributed by atoms with E-state index in [1.54, 1.807) is 17.4 Å². The Labute approximate surface area is 129 Å². The molecule has 0 spiro atoms. The van der Waals surface area contributed by atoms with Gasteiger partial charge in [-0.05, 0) is 53.0 Å². The van der Waals surface area contributed by atoms with Gasteiger partial charge in [-0.15, -0.1) is 10.2 Å². The van der Waals surface area contributed by atoms with Crippen LogP contribution in [0, 0.1) is 13.8 Å². The molecule has 0 radical (unpaired) electrons. The van der Waals surface area contributed by atoms with Crippen LogP contribution in [0.1, 0.15) is 21.5 Å². The molecule has 2 heterocycles. The molecule has 2 aromatic heterocycles. The summed E-state index contributed by atoms with van der Waals surface area (Å²) in [5.74, 6) is -0.428. The molecule has 0 aliphatic carbocycles. The third-order valence-electron chi connectivity index (χ3n) is 3.43. The molecule has 0 saturated heterocycles. The summed E-state index contributed by atoms with van der Waals surface area (Å²) in [7, 11) is 0. The Morgan fingerprint density at radius 2 is 1.86 bits per heavy atom. The van der Waals surface area contributed by atoms with Crippen molar-refractivity contribution in [1.82, 2.24) is 14.6 Å². The van der Waals surface area contributed by atoms with Crippen molar-refractivity contribution >= 4 is 27.5 Å². The van der Waals surface area contributed by atoms with Gasteiger partial charge < -0.3 is 5.11 Å². The first-order valence-electron chi connectivity index (χ1n) is 6.33. The molecule has 1 N–H and O–H groups in total. The number of aromatic carboxylic acids is 1. The number of carboxylic acids is 1. The predicted molar refractivity (Wildman–Crippen MR) is 82.6 cm³/mol. The van der Waals surface area contributed by atoms with Gasteiger partial charge >= 0.3 is 5.97 Å². The van der Waals surface area contributed by atoms with E-state index in [1.807, 2.05) is 31.3 Å². The van der Waals surface area contributed by atoms with Gasteiger partial charge in [0.15, 0.2) is 11.5 Å². The summed E-state index contributed by atoms with van der Waals surface area (Å²) in [6, 6.07) is 7.40. The number of halogens is 1. The largest absolute Gasteiger partial charge is 0.478 e. The zero-order valence-electron chi connectivity index (χ0n) is 11.5. The molecule has 3 rings (SSSR count). The van der Waals surface area contributed by atoms with Crippen LogP contribution >= 0.6 is 15.9 Å². The number of hydrogen-bond donors (Lipinski definition) is 1. The highest BCUT2D eigenvalue weighted by Gasteiger charge is 2.21. The van der Waals surface area contributed by atoms with Gasteiger partial charge in [0.2, 0.25) is 0 Å².